The molecule has 0 aliphatic heterocycles. The van der Waals surface area contributed by atoms with Crippen molar-refractivity contribution in [1.29, 1.82) is 0 Å². The summed E-state index contributed by atoms with van der Waals surface area (Å²) >= 11 is 5.78. The third-order valence-electron chi connectivity index (χ3n) is 2.33. The van der Waals surface area contributed by atoms with Crippen molar-refractivity contribution in [2.24, 2.45) is 0 Å². The largest absolute Gasteiger partial charge is 0.457 e. The Bertz CT molecular complexity index is 540. The highest BCUT2D eigenvalue weighted by atomic mass is 35.5. The normalized spacial score (nSPS) is 11.9. The molecule has 92 valence electrons. The second kappa shape index (κ2) is 5.67. The summed E-state index contributed by atoms with van der Waals surface area (Å²) in [5.41, 5.74) is 0.395. The number of benzene rings is 2. The van der Waals surface area contributed by atoms with Crippen LogP contribution in [-0.2, 0) is 0 Å². The molecule has 0 saturated carbocycles. The van der Waals surface area contributed by atoms with Gasteiger partial charge in [0.25, 0.3) is 6.29 Å². The summed E-state index contributed by atoms with van der Waals surface area (Å²) < 4.78 is 5.13. The topological polar surface area (TPSA) is 46.5 Å². The van der Waals surface area contributed by atoms with Gasteiger partial charge in [-0.15, -0.1) is 0 Å². The van der Waals surface area contributed by atoms with Gasteiger partial charge < -0.3 is 9.84 Å². The maximum Gasteiger partial charge on any atom is 0.262 e. The fraction of sp³-hybridized carbons (Fsp3) is 0.0714. The molecule has 0 radical (unpaired) electrons. The van der Waals surface area contributed by atoms with E-state index in [1.54, 1.807) is 48.5 Å². The molecule has 18 heavy (non-hydrogen) atoms. The van der Waals surface area contributed by atoms with Crippen LogP contribution in [0.15, 0.2) is 54.6 Å². The minimum absolute atomic E-state index is 0.347. The Labute approximate surface area is 110 Å². The van der Waals surface area contributed by atoms with Gasteiger partial charge in [0.2, 0.25) is 5.78 Å². The van der Waals surface area contributed by atoms with Crippen LogP contribution in [0.5, 0.6) is 5.75 Å². The summed E-state index contributed by atoms with van der Waals surface area (Å²) in [5.74, 6) is -0.144. The third kappa shape index (κ3) is 3.09. The average Bonchev–Trinajstić information content (AvgIpc) is 2.39. The zero-order chi connectivity index (χ0) is 13.0. The van der Waals surface area contributed by atoms with Crippen molar-refractivity contribution >= 4 is 17.4 Å². The lowest BCUT2D eigenvalue weighted by atomic mass is 10.1. The van der Waals surface area contributed by atoms with E-state index in [4.69, 9.17) is 16.3 Å². The van der Waals surface area contributed by atoms with Crippen LogP contribution in [0.25, 0.3) is 0 Å². The van der Waals surface area contributed by atoms with Crippen molar-refractivity contribution in [2.75, 3.05) is 0 Å². The molecule has 2 rings (SSSR count). The van der Waals surface area contributed by atoms with Crippen LogP contribution in [-0.4, -0.2) is 17.2 Å². The zero-order valence-electron chi connectivity index (χ0n) is 9.42. The van der Waals surface area contributed by atoms with Gasteiger partial charge in [-0.1, -0.05) is 48.0 Å². The molecule has 0 bridgehead atoms. The molecule has 3 nitrogen and oxygen atoms in total. The van der Waals surface area contributed by atoms with Gasteiger partial charge in [-0.05, 0) is 18.2 Å². The number of ether oxygens (including phenoxy) is 1. The number of aliphatic hydroxyl groups is 1. The maximum absolute atomic E-state index is 11.8. The Morgan fingerprint density at radius 2 is 1.83 bits per heavy atom. The van der Waals surface area contributed by atoms with E-state index in [2.05, 4.69) is 0 Å². The van der Waals surface area contributed by atoms with E-state index in [-0.39, 0.29) is 0 Å². The fourth-order valence-corrected chi connectivity index (χ4v) is 1.65. The average molecular weight is 263 g/mol. The van der Waals surface area contributed by atoms with Gasteiger partial charge in [0.1, 0.15) is 5.75 Å². The molecule has 0 aliphatic carbocycles. The number of rotatable bonds is 4. The first kappa shape index (κ1) is 12.6. The lowest BCUT2D eigenvalue weighted by molar-refractivity contribution is -0.00293. The molecular formula is C14H11ClO3. The van der Waals surface area contributed by atoms with E-state index in [9.17, 15) is 9.90 Å². The van der Waals surface area contributed by atoms with Crippen molar-refractivity contribution in [1.82, 2.24) is 0 Å². The summed E-state index contributed by atoms with van der Waals surface area (Å²) in [5, 5.41) is 10.2. The molecule has 0 heterocycles. The molecule has 0 saturated heterocycles. The van der Waals surface area contributed by atoms with E-state index in [1.807, 2.05) is 0 Å². The van der Waals surface area contributed by atoms with Gasteiger partial charge in [-0.3, -0.25) is 4.79 Å². The van der Waals surface area contributed by atoms with E-state index < -0.39 is 12.1 Å². The van der Waals surface area contributed by atoms with Gasteiger partial charge in [-0.25, -0.2) is 0 Å². The van der Waals surface area contributed by atoms with Crippen molar-refractivity contribution in [3.8, 4) is 5.75 Å². The number of hydrogen-bond donors (Lipinski definition) is 1. The quantitative estimate of drug-likeness (QED) is 0.681. The molecule has 0 amide bonds. The molecule has 1 N–H and O–H groups in total. The van der Waals surface area contributed by atoms with Crippen LogP contribution in [0.3, 0.4) is 0 Å². The first-order valence-electron chi connectivity index (χ1n) is 5.36. The Kier molecular flexibility index (Phi) is 3.97. The lowest BCUT2D eigenvalue weighted by Crippen LogP contribution is -2.26. The van der Waals surface area contributed by atoms with Crippen LogP contribution in [0, 0.1) is 0 Å². The molecular weight excluding hydrogens is 252 g/mol. The number of Topliss-reactive ketones (excluding diaryl/α,β-unsaturated/α-hetero) is 1. The van der Waals surface area contributed by atoms with Crippen LogP contribution >= 0.6 is 11.6 Å². The van der Waals surface area contributed by atoms with Gasteiger partial charge in [0.15, 0.2) is 0 Å². The molecule has 0 spiro atoms. The molecule has 2 aromatic carbocycles. The highest BCUT2D eigenvalue weighted by Gasteiger charge is 2.18. The predicted octanol–water partition coefficient (Wildman–Crippen LogP) is 2.92. The smallest absolute Gasteiger partial charge is 0.262 e. The SMILES string of the molecule is O=C(c1ccccc1)C(O)Oc1cccc(Cl)c1. The predicted molar refractivity (Wildman–Crippen MR) is 68.9 cm³/mol. The Morgan fingerprint density at radius 1 is 1.11 bits per heavy atom. The van der Waals surface area contributed by atoms with Crippen molar-refractivity contribution in [3.63, 3.8) is 0 Å². The number of carbonyl (C=O) groups is 1. The fourth-order valence-electron chi connectivity index (χ4n) is 1.47. The summed E-state index contributed by atoms with van der Waals surface area (Å²) in [7, 11) is 0. The summed E-state index contributed by atoms with van der Waals surface area (Å²) in [6.45, 7) is 0. The molecule has 1 unspecified atom stereocenters. The highest BCUT2D eigenvalue weighted by molar-refractivity contribution is 6.30. The Hall–Kier alpha value is -1.84. The van der Waals surface area contributed by atoms with E-state index >= 15 is 0 Å². The van der Waals surface area contributed by atoms with Crippen molar-refractivity contribution < 1.29 is 14.6 Å². The maximum atomic E-state index is 11.8. The monoisotopic (exact) mass is 262 g/mol. The van der Waals surface area contributed by atoms with Gasteiger partial charge in [0, 0.05) is 10.6 Å². The summed E-state index contributed by atoms with van der Waals surface area (Å²) in [6.07, 6.45) is -1.54. The van der Waals surface area contributed by atoms with Gasteiger partial charge >= 0.3 is 0 Å². The van der Waals surface area contributed by atoms with Gasteiger partial charge in [0.05, 0.1) is 0 Å². The first-order valence-corrected chi connectivity index (χ1v) is 5.74. The number of carbonyl (C=O) groups excluding carboxylic acids is 1. The number of aliphatic hydroxyl groups excluding tert-OH is 1. The molecule has 2 aromatic rings. The number of halogens is 1. The third-order valence-corrected chi connectivity index (χ3v) is 2.56. The molecule has 1 atom stereocenters. The Morgan fingerprint density at radius 3 is 2.50 bits per heavy atom. The van der Waals surface area contributed by atoms with E-state index in [0.29, 0.717) is 16.3 Å². The van der Waals surface area contributed by atoms with Crippen LogP contribution in [0.2, 0.25) is 5.02 Å². The molecule has 0 aromatic heterocycles. The number of ketones is 1. The standard InChI is InChI=1S/C14H11ClO3/c15-11-7-4-8-12(9-11)18-14(17)13(16)10-5-2-1-3-6-10/h1-9,14,17H. The lowest BCUT2D eigenvalue weighted by Gasteiger charge is -2.12. The summed E-state index contributed by atoms with van der Waals surface area (Å²) in [6, 6.07) is 15.0. The first-order chi connectivity index (χ1) is 8.66. The molecule has 4 heteroatoms. The van der Waals surface area contributed by atoms with Crippen LogP contribution in [0.1, 0.15) is 10.4 Å². The second-order valence-electron chi connectivity index (χ2n) is 3.66. The van der Waals surface area contributed by atoms with Gasteiger partial charge in [-0.2, -0.15) is 0 Å². The van der Waals surface area contributed by atoms with E-state index in [0.717, 1.165) is 0 Å². The van der Waals surface area contributed by atoms with Crippen LogP contribution < -0.4 is 4.74 Å². The van der Waals surface area contributed by atoms with Crippen LogP contribution in [0.4, 0.5) is 0 Å². The zero-order valence-corrected chi connectivity index (χ0v) is 10.2. The molecule has 0 fully saturated rings. The number of hydrogen-bond acceptors (Lipinski definition) is 3. The van der Waals surface area contributed by atoms with E-state index in [1.165, 1.54) is 6.07 Å². The highest BCUT2D eigenvalue weighted by Crippen LogP contribution is 2.18. The minimum atomic E-state index is -1.54. The summed E-state index contributed by atoms with van der Waals surface area (Å²) in [4.78, 5) is 11.8. The second-order valence-corrected chi connectivity index (χ2v) is 4.09. The Balaban J connectivity index is 2.09. The molecule has 0 aliphatic rings. The van der Waals surface area contributed by atoms with Crippen molar-refractivity contribution in [3.05, 3.63) is 65.2 Å². The minimum Gasteiger partial charge on any atom is -0.457 e. The van der Waals surface area contributed by atoms with Crippen molar-refractivity contribution in [2.45, 2.75) is 6.29 Å².